The van der Waals surface area contributed by atoms with Crippen molar-refractivity contribution in [1.29, 1.82) is 0 Å². The first kappa shape index (κ1) is 16.0. The molecule has 2 aliphatic rings. The standard InChI is InChI=1S/C14H28N2.C2H6/c1-12(2)16-9-5-14(6-10-16)11-13-3-7-15-8-4-13;1-2/h12-15H,3-11H2,1-2H3;1-2H3. The Bertz CT molecular complexity index is 189. The summed E-state index contributed by atoms with van der Waals surface area (Å²) in [6.45, 7) is 13.9. The number of rotatable bonds is 3. The van der Waals surface area contributed by atoms with Crippen molar-refractivity contribution in [3.05, 3.63) is 0 Å². The predicted molar refractivity (Wildman–Crippen MR) is 81.0 cm³/mol. The van der Waals surface area contributed by atoms with Crippen molar-refractivity contribution in [1.82, 2.24) is 10.2 Å². The summed E-state index contributed by atoms with van der Waals surface area (Å²) < 4.78 is 0. The maximum atomic E-state index is 3.47. The van der Waals surface area contributed by atoms with Gasteiger partial charge < -0.3 is 10.2 Å². The quantitative estimate of drug-likeness (QED) is 0.829. The Morgan fingerprint density at radius 2 is 1.44 bits per heavy atom. The molecule has 0 aliphatic carbocycles. The van der Waals surface area contributed by atoms with Crippen LogP contribution in [0.4, 0.5) is 0 Å². The van der Waals surface area contributed by atoms with Gasteiger partial charge in [0.15, 0.2) is 0 Å². The van der Waals surface area contributed by atoms with Gasteiger partial charge in [0.1, 0.15) is 0 Å². The molecular formula is C16H34N2. The molecule has 108 valence electrons. The van der Waals surface area contributed by atoms with Crippen LogP contribution in [0.1, 0.15) is 59.8 Å². The molecule has 2 nitrogen and oxygen atoms in total. The topological polar surface area (TPSA) is 15.3 Å². The Balaban J connectivity index is 0.000000771. The number of hydrogen-bond acceptors (Lipinski definition) is 2. The highest BCUT2D eigenvalue weighted by Gasteiger charge is 2.24. The minimum absolute atomic E-state index is 0.750. The average Bonchev–Trinajstić information content (AvgIpc) is 2.43. The first-order chi connectivity index (χ1) is 8.75. The van der Waals surface area contributed by atoms with Crippen LogP contribution >= 0.6 is 0 Å². The molecule has 1 N–H and O–H groups in total. The van der Waals surface area contributed by atoms with Crippen molar-refractivity contribution in [3.63, 3.8) is 0 Å². The normalized spacial score (nSPS) is 23.8. The summed E-state index contributed by atoms with van der Waals surface area (Å²) in [5, 5.41) is 3.47. The molecule has 0 atom stereocenters. The van der Waals surface area contributed by atoms with Gasteiger partial charge in [-0.25, -0.2) is 0 Å². The Hall–Kier alpha value is -0.0800. The van der Waals surface area contributed by atoms with Crippen LogP contribution in [0.2, 0.25) is 0 Å². The summed E-state index contributed by atoms with van der Waals surface area (Å²) in [6, 6.07) is 0.750. The molecule has 2 rings (SSSR count). The number of nitrogens with zero attached hydrogens (tertiary/aromatic N) is 1. The van der Waals surface area contributed by atoms with Gasteiger partial charge in [-0.05, 0) is 84.0 Å². The average molecular weight is 254 g/mol. The molecule has 2 aliphatic heterocycles. The third-order valence-corrected chi connectivity index (χ3v) is 4.50. The van der Waals surface area contributed by atoms with Crippen molar-refractivity contribution < 1.29 is 0 Å². The molecule has 0 aromatic carbocycles. The minimum Gasteiger partial charge on any atom is -0.317 e. The van der Waals surface area contributed by atoms with Crippen molar-refractivity contribution in [2.45, 2.75) is 65.8 Å². The zero-order chi connectivity index (χ0) is 13.4. The Labute approximate surface area is 115 Å². The Morgan fingerprint density at radius 1 is 0.944 bits per heavy atom. The molecule has 0 unspecified atom stereocenters. The predicted octanol–water partition coefficient (Wildman–Crippen LogP) is 3.52. The zero-order valence-electron chi connectivity index (χ0n) is 13.0. The third-order valence-electron chi connectivity index (χ3n) is 4.50. The van der Waals surface area contributed by atoms with Crippen LogP contribution in [0.25, 0.3) is 0 Å². The van der Waals surface area contributed by atoms with Gasteiger partial charge in [0, 0.05) is 6.04 Å². The van der Waals surface area contributed by atoms with Crippen LogP contribution in [0.15, 0.2) is 0 Å². The van der Waals surface area contributed by atoms with Crippen LogP contribution in [0.5, 0.6) is 0 Å². The minimum atomic E-state index is 0.750. The monoisotopic (exact) mass is 254 g/mol. The largest absolute Gasteiger partial charge is 0.317 e. The van der Waals surface area contributed by atoms with E-state index in [-0.39, 0.29) is 0 Å². The van der Waals surface area contributed by atoms with Gasteiger partial charge in [-0.3, -0.25) is 0 Å². The second-order valence-corrected chi connectivity index (χ2v) is 6.00. The highest BCUT2D eigenvalue weighted by molar-refractivity contribution is 4.78. The number of nitrogens with one attached hydrogen (secondary N) is 1. The maximum absolute atomic E-state index is 3.47. The van der Waals surface area contributed by atoms with Crippen LogP contribution in [-0.4, -0.2) is 37.1 Å². The highest BCUT2D eigenvalue weighted by Crippen LogP contribution is 2.28. The van der Waals surface area contributed by atoms with E-state index < -0.39 is 0 Å². The van der Waals surface area contributed by atoms with Crippen molar-refractivity contribution in [3.8, 4) is 0 Å². The molecule has 0 bridgehead atoms. The highest BCUT2D eigenvalue weighted by atomic mass is 15.1. The van der Waals surface area contributed by atoms with Crippen molar-refractivity contribution in [2.24, 2.45) is 11.8 Å². The molecule has 0 aromatic rings. The molecule has 0 spiro atoms. The molecular weight excluding hydrogens is 220 g/mol. The summed E-state index contributed by atoms with van der Waals surface area (Å²) in [4.78, 5) is 2.64. The van der Waals surface area contributed by atoms with E-state index in [1.807, 2.05) is 13.8 Å². The molecule has 0 radical (unpaired) electrons. The zero-order valence-corrected chi connectivity index (χ0v) is 13.0. The number of hydrogen-bond donors (Lipinski definition) is 1. The summed E-state index contributed by atoms with van der Waals surface area (Å²) in [5.74, 6) is 2.05. The molecule has 18 heavy (non-hydrogen) atoms. The van der Waals surface area contributed by atoms with Gasteiger partial charge in [-0.1, -0.05) is 13.8 Å². The lowest BCUT2D eigenvalue weighted by molar-refractivity contribution is 0.132. The van der Waals surface area contributed by atoms with E-state index in [0.717, 1.165) is 17.9 Å². The summed E-state index contributed by atoms with van der Waals surface area (Å²) in [6.07, 6.45) is 7.24. The van der Waals surface area contributed by atoms with E-state index in [9.17, 15) is 0 Å². The van der Waals surface area contributed by atoms with Gasteiger partial charge in [0.2, 0.25) is 0 Å². The van der Waals surface area contributed by atoms with Crippen molar-refractivity contribution in [2.75, 3.05) is 26.2 Å². The molecule has 0 saturated carbocycles. The maximum Gasteiger partial charge on any atom is 0.00385 e. The summed E-state index contributed by atoms with van der Waals surface area (Å²) >= 11 is 0. The molecule has 2 heteroatoms. The fourth-order valence-electron chi connectivity index (χ4n) is 3.29. The van der Waals surface area contributed by atoms with E-state index >= 15 is 0 Å². The van der Waals surface area contributed by atoms with E-state index in [4.69, 9.17) is 0 Å². The first-order valence-electron chi connectivity index (χ1n) is 8.20. The van der Waals surface area contributed by atoms with Gasteiger partial charge in [-0.2, -0.15) is 0 Å². The van der Waals surface area contributed by atoms with E-state index in [2.05, 4.69) is 24.1 Å². The van der Waals surface area contributed by atoms with Crippen LogP contribution in [0, 0.1) is 11.8 Å². The van der Waals surface area contributed by atoms with Crippen LogP contribution in [0.3, 0.4) is 0 Å². The van der Waals surface area contributed by atoms with E-state index in [0.29, 0.717) is 0 Å². The Morgan fingerprint density at radius 3 is 1.94 bits per heavy atom. The molecule has 2 saturated heterocycles. The molecule has 2 heterocycles. The molecule has 0 amide bonds. The lowest BCUT2D eigenvalue weighted by Gasteiger charge is -2.36. The van der Waals surface area contributed by atoms with E-state index in [1.165, 1.54) is 58.3 Å². The van der Waals surface area contributed by atoms with Crippen LogP contribution < -0.4 is 5.32 Å². The summed E-state index contributed by atoms with van der Waals surface area (Å²) in [5.41, 5.74) is 0. The van der Waals surface area contributed by atoms with Gasteiger partial charge in [0.25, 0.3) is 0 Å². The van der Waals surface area contributed by atoms with Gasteiger partial charge in [-0.15, -0.1) is 0 Å². The van der Waals surface area contributed by atoms with Gasteiger partial charge >= 0.3 is 0 Å². The fraction of sp³-hybridized carbons (Fsp3) is 1.00. The fourth-order valence-corrected chi connectivity index (χ4v) is 3.29. The Kier molecular flexibility index (Phi) is 7.92. The second-order valence-electron chi connectivity index (χ2n) is 6.00. The lowest BCUT2D eigenvalue weighted by atomic mass is 9.83. The first-order valence-corrected chi connectivity index (χ1v) is 8.20. The number of likely N-dealkylation sites (tertiary alicyclic amines) is 1. The van der Waals surface area contributed by atoms with Gasteiger partial charge in [0.05, 0.1) is 0 Å². The molecule has 2 fully saturated rings. The van der Waals surface area contributed by atoms with Crippen LogP contribution in [-0.2, 0) is 0 Å². The molecule has 0 aromatic heterocycles. The second kappa shape index (κ2) is 8.92. The smallest absolute Gasteiger partial charge is 0.00385 e. The van der Waals surface area contributed by atoms with Crippen molar-refractivity contribution >= 4 is 0 Å². The number of piperidine rings is 2. The lowest BCUT2D eigenvalue weighted by Crippen LogP contribution is -2.39. The van der Waals surface area contributed by atoms with E-state index in [1.54, 1.807) is 0 Å². The summed E-state index contributed by atoms with van der Waals surface area (Å²) in [7, 11) is 0. The third kappa shape index (κ3) is 5.27. The SMILES string of the molecule is CC.CC(C)N1CCC(CC2CCNCC2)CC1.